The topological polar surface area (TPSA) is 283 Å². The van der Waals surface area contributed by atoms with E-state index in [2.05, 4.69) is 31.2 Å². The van der Waals surface area contributed by atoms with Gasteiger partial charge in [-0.3, -0.25) is 24.0 Å². The number of nitrogens with two attached hydrogens (primary N) is 3. The van der Waals surface area contributed by atoms with Gasteiger partial charge in [-0.25, -0.2) is 9.97 Å². The first kappa shape index (κ1) is 52.8. The van der Waals surface area contributed by atoms with E-state index in [1.165, 1.54) is 27.0 Å². The molecule has 4 bridgehead atoms. The first-order chi connectivity index (χ1) is 32.6. The van der Waals surface area contributed by atoms with Crippen LogP contribution in [0.5, 0.6) is 11.5 Å². The fraction of sp³-hybridized carbons (Fsp3) is 0.417. The maximum atomic E-state index is 14.8. The number of aryl methyl sites for hydroxylation is 1. The number of alkyl halides is 3. The molecule has 0 fully saturated rings. The summed E-state index contributed by atoms with van der Waals surface area (Å²) in [6.45, 7) is 8.36. The summed E-state index contributed by atoms with van der Waals surface area (Å²) in [7, 11) is 1.25. The molecule has 0 saturated carbocycles. The Morgan fingerprint density at radius 2 is 1.52 bits per heavy atom. The number of likely N-dealkylation sites (N-methyl/N-ethyl adjacent to an activating group) is 1. The summed E-state index contributed by atoms with van der Waals surface area (Å²) >= 11 is 0. The molecule has 5 amide bonds. The Balaban J connectivity index is 1.61. The van der Waals surface area contributed by atoms with Gasteiger partial charge in [-0.2, -0.15) is 18.4 Å². The average Bonchev–Trinajstić information content (AvgIpc) is 3.30. The maximum absolute atomic E-state index is 14.8. The van der Waals surface area contributed by atoms with Crippen LogP contribution in [0.15, 0.2) is 60.7 Å². The molecule has 5 rings (SSSR count). The van der Waals surface area contributed by atoms with Gasteiger partial charge in [0.1, 0.15) is 55.4 Å². The van der Waals surface area contributed by atoms with Crippen molar-refractivity contribution < 1.29 is 46.6 Å². The maximum Gasteiger partial charge on any atom is 0.434 e. The molecular formula is C48H58F3N11O7. The van der Waals surface area contributed by atoms with Crippen molar-refractivity contribution in [2.24, 2.45) is 17.2 Å². The molecule has 4 unspecified atom stereocenters. The first-order valence-corrected chi connectivity index (χ1v) is 22.2. The van der Waals surface area contributed by atoms with Gasteiger partial charge in [-0.1, -0.05) is 57.2 Å². The predicted molar refractivity (Wildman–Crippen MR) is 249 cm³/mol. The monoisotopic (exact) mass is 957 g/mol. The Labute approximate surface area is 397 Å². The van der Waals surface area contributed by atoms with Crippen LogP contribution in [-0.2, 0) is 37.2 Å². The quantitative estimate of drug-likeness (QED) is 0.0846. The van der Waals surface area contributed by atoms with Crippen LogP contribution in [0, 0.1) is 18.3 Å². The minimum Gasteiger partial charge on any atom is -0.492 e. The molecule has 69 heavy (non-hydrogen) atoms. The molecule has 0 radical (unpaired) electrons. The average molecular weight is 958 g/mol. The fourth-order valence-corrected chi connectivity index (χ4v) is 7.66. The summed E-state index contributed by atoms with van der Waals surface area (Å²) < 4.78 is 56.6. The van der Waals surface area contributed by atoms with Gasteiger partial charge >= 0.3 is 6.18 Å². The number of aromatic nitrogens is 2. The molecule has 368 valence electrons. The van der Waals surface area contributed by atoms with Gasteiger partial charge < -0.3 is 52.8 Å². The van der Waals surface area contributed by atoms with Crippen LogP contribution in [0.1, 0.15) is 78.6 Å². The van der Waals surface area contributed by atoms with E-state index in [9.17, 15) is 37.1 Å². The molecule has 10 N–H and O–H groups in total. The van der Waals surface area contributed by atoms with E-state index in [-0.39, 0.29) is 86.0 Å². The Morgan fingerprint density at radius 1 is 0.899 bits per heavy atom. The number of nitrogens with zero attached hydrogens (tertiary/aromatic N) is 4. The molecule has 0 saturated heterocycles. The second-order valence-electron chi connectivity index (χ2n) is 17.4. The zero-order chi connectivity index (χ0) is 50.8. The molecule has 1 aliphatic heterocycles. The molecule has 1 aromatic heterocycles. The lowest BCUT2D eigenvalue weighted by Crippen LogP contribution is -2.56. The predicted octanol–water partition coefficient (Wildman–Crippen LogP) is 2.94. The Bertz CT molecular complexity index is 2580. The number of carbonyl (C=O) groups excluding carboxylic acids is 5. The summed E-state index contributed by atoms with van der Waals surface area (Å²) in [5, 5.41) is 19.3. The third-order valence-electron chi connectivity index (χ3n) is 11.2. The number of hydrogen-bond acceptors (Lipinski definition) is 13. The lowest BCUT2D eigenvalue weighted by molar-refractivity contribution is -0.142. The van der Waals surface area contributed by atoms with Crippen molar-refractivity contribution in [2.45, 2.75) is 83.2 Å². The summed E-state index contributed by atoms with van der Waals surface area (Å²) in [6.07, 6.45) is -5.49. The van der Waals surface area contributed by atoms with E-state index in [0.717, 1.165) is 10.5 Å². The molecular weight excluding hydrogens is 900 g/mol. The highest BCUT2D eigenvalue weighted by Crippen LogP contribution is 2.40. The Morgan fingerprint density at radius 3 is 2.10 bits per heavy atom. The molecule has 4 aromatic rings. The van der Waals surface area contributed by atoms with Crippen LogP contribution in [0.3, 0.4) is 0 Å². The van der Waals surface area contributed by atoms with Crippen molar-refractivity contribution in [3.63, 3.8) is 0 Å². The highest BCUT2D eigenvalue weighted by Gasteiger charge is 2.41. The highest BCUT2D eigenvalue weighted by atomic mass is 19.4. The largest absolute Gasteiger partial charge is 0.492 e. The van der Waals surface area contributed by atoms with Gasteiger partial charge in [0.2, 0.25) is 23.6 Å². The molecule has 0 spiro atoms. The summed E-state index contributed by atoms with van der Waals surface area (Å²) in [4.78, 5) is 79.5. The van der Waals surface area contributed by atoms with Crippen molar-refractivity contribution in [3.8, 4) is 40.1 Å². The molecule has 1 aliphatic rings. The number of hydrogen-bond donors (Lipinski definition) is 7. The number of fused-ring (bicyclic) bond motifs is 5. The van der Waals surface area contributed by atoms with Gasteiger partial charge in [0, 0.05) is 43.2 Å². The van der Waals surface area contributed by atoms with E-state index in [1.54, 1.807) is 54.6 Å². The minimum atomic E-state index is -5.13. The SMILES string of the molecule is Cc1nc(-c2ccc(C(C)(C)C)cc2)nc(C(F)(F)F)c1C(=O)NC(CCN)C(=O)N(C)C1C(=O)NC(C)C(=O)NC(C(=O)NCC#N)Cc2ccc(OCCN)c(c2)-c2cc1ccc2OCCN. The third kappa shape index (κ3) is 12.9. The zero-order valence-corrected chi connectivity index (χ0v) is 39.3. The lowest BCUT2D eigenvalue weighted by atomic mass is 9.86. The molecule has 18 nitrogen and oxygen atoms in total. The molecule has 21 heteroatoms. The highest BCUT2D eigenvalue weighted by molar-refractivity contribution is 6.01. The van der Waals surface area contributed by atoms with E-state index in [0.29, 0.717) is 22.4 Å². The molecule has 0 aliphatic carbocycles. The van der Waals surface area contributed by atoms with Crippen molar-refractivity contribution in [1.29, 1.82) is 5.26 Å². The third-order valence-corrected chi connectivity index (χ3v) is 11.2. The molecule has 2 heterocycles. The summed E-state index contributed by atoms with van der Waals surface area (Å²) in [6, 6.07) is 12.4. The van der Waals surface area contributed by atoms with Crippen LogP contribution in [0.25, 0.3) is 22.5 Å². The lowest BCUT2D eigenvalue weighted by Gasteiger charge is -2.32. The Kier molecular flexibility index (Phi) is 17.4. The van der Waals surface area contributed by atoms with Crippen molar-refractivity contribution in [1.82, 2.24) is 36.1 Å². The van der Waals surface area contributed by atoms with Crippen LogP contribution >= 0.6 is 0 Å². The van der Waals surface area contributed by atoms with Crippen LogP contribution in [0.4, 0.5) is 13.2 Å². The van der Waals surface area contributed by atoms with Crippen molar-refractivity contribution in [2.75, 3.05) is 46.4 Å². The zero-order valence-electron chi connectivity index (χ0n) is 39.3. The first-order valence-electron chi connectivity index (χ1n) is 22.2. The Hall–Kier alpha value is -7.15. The smallest absolute Gasteiger partial charge is 0.434 e. The van der Waals surface area contributed by atoms with Gasteiger partial charge in [0.25, 0.3) is 5.91 Å². The van der Waals surface area contributed by atoms with Crippen LogP contribution in [0.2, 0.25) is 0 Å². The van der Waals surface area contributed by atoms with Crippen molar-refractivity contribution >= 4 is 29.5 Å². The normalized spacial score (nSPS) is 16.7. The van der Waals surface area contributed by atoms with Gasteiger partial charge in [-0.05, 0) is 73.2 Å². The summed E-state index contributed by atoms with van der Waals surface area (Å²) in [5.41, 5.74) is 17.2. The van der Waals surface area contributed by atoms with Crippen molar-refractivity contribution in [3.05, 3.63) is 94.3 Å². The second kappa shape index (κ2) is 22.8. The number of halogens is 3. The fourth-order valence-electron chi connectivity index (χ4n) is 7.66. The standard InChI is InChI=1S/C48H58F3N11O7/c1-26-38(40(48(49,50)51)61-41(57-26)29-8-11-31(12-9-29)47(3,4)5)44(65)59-34(15-16-52)46(67)62(6)39-30-10-14-37(69-22-19-55)33(25-30)32-23-28(7-13-36(32)68-21-18-54)24-35(43(64)56-20-17-53)60-42(63)27(2)58-45(39)66/h7-14,23,25,27,34-35,39H,15-16,18-22,24,52,54-55H2,1-6H3,(H,56,64)(H,58,66)(H,59,65)(H,60,63). The number of nitrogens with one attached hydrogen (secondary N) is 4. The number of amides is 5. The molecule has 4 atom stereocenters. The van der Waals surface area contributed by atoms with E-state index < -0.39 is 71.1 Å². The van der Waals surface area contributed by atoms with E-state index >= 15 is 0 Å². The number of carbonyl (C=O) groups is 5. The minimum absolute atomic E-state index is 0.0618. The van der Waals surface area contributed by atoms with Gasteiger partial charge in [-0.15, -0.1) is 0 Å². The van der Waals surface area contributed by atoms with Crippen LogP contribution in [-0.4, -0.2) is 109 Å². The van der Waals surface area contributed by atoms with E-state index in [1.807, 2.05) is 26.8 Å². The number of benzene rings is 3. The summed E-state index contributed by atoms with van der Waals surface area (Å²) in [5.74, 6) is -4.32. The van der Waals surface area contributed by atoms with Crippen LogP contribution < -0.4 is 47.9 Å². The number of nitriles is 1. The molecule has 3 aromatic carbocycles. The number of ether oxygens (including phenoxy) is 2. The van der Waals surface area contributed by atoms with Gasteiger partial charge in [0.05, 0.1) is 17.3 Å². The second-order valence-corrected chi connectivity index (χ2v) is 17.4. The number of rotatable bonds is 15. The van der Waals surface area contributed by atoms with Gasteiger partial charge in [0.15, 0.2) is 11.5 Å². The van der Waals surface area contributed by atoms with E-state index in [4.69, 9.17) is 31.9 Å².